The van der Waals surface area contributed by atoms with Gasteiger partial charge in [-0.15, -0.1) is 11.3 Å². The Balaban J connectivity index is 1.81. The average molecular weight is 274 g/mol. The standard InChI is InChI=1S/C14H18N4S/c1-9(11-4-3-7-19-11)16-13-8-12(15-2)17-14(18-13)10-5-6-10/h3-4,7-10H,5-6H2,1-2H3,(H2,15,16,17,18). The van der Waals surface area contributed by atoms with Crippen LogP contribution in [0.4, 0.5) is 11.6 Å². The highest BCUT2D eigenvalue weighted by Crippen LogP contribution is 2.39. The molecular formula is C14H18N4S. The summed E-state index contributed by atoms with van der Waals surface area (Å²) in [6.07, 6.45) is 2.43. The van der Waals surface area contributed by atoms with Crippen molar-refractivity contribution in [1.29, 1.82) is 0 Å². The Morgan fingerprint density at radius 1 is 1.32 bits per heavy atom. The van der Waals surface area contributed by atoms with Crippen LogP contribution < -0.4 is 10.6 Å². The molecule has 100 valence electrons. The second kappa shape index (κ2) is 5.17. The van der Waals surface area contributed by atoms with Gasteiger partial charge in [0.15, 0.2) is 0 Å². The molecule has 1 unspecified atom stereocenters. The summed E-state index contributed by atoms with van der Waals surface area (Å²) in [6.45, 7) is 2.16. The summed E-state index contributed by atoms with van der Waals surface area (Å²) < 4.78 is 0. The number of hydrogen-bond acceptors (Lipinski definition) is 5. The zero-order chi connectivity index (χ0) is 13.2. The van der Waals surface area contributed by atoms with Gasteiger partial charge in [-0.25, -0.2) is 9.97 Å². The lowest BCUT2D eigenvalue weighted by Gasteiger charge is -2.14. The molecule has 1 aliphatic carbocycles. The van der Waals surface area contributed by atoms with E-state index in [1.54, 1.807) is 11.3 Å². The second-order valence-corrected chi connectivity index (χ2v) is 5.88. The normalized spacial score (nSPS) is 16.1. The maximum absolute atomic E-state index is 4.64. The number of hydrogen-bond donors (Lipinski definition) is 2. The van der Waals surface area contributed by atoms with Crippen LogP contribution in [0.25, 0.3) is 0 Å². The first-order valence-corrected chi connectivity index (χ1v) is 7.51. The number of rotatable bonds is 5. The van der Waals surface area contributed by atoms with Crippen molar-refractivity contribution >= 4 is 23.0 Å². The first kappa shape index (κ1) is 12.4. The van der Waals surface area contributed by atoms with Crippen LogP contribution in [0.1, 0.15) is 42.4 Å². The van der Waals surface area contributed by atoms with Gasteiger partial charge in [0, 0.05) is 23.9 Å². The largest absolute Gasteiger partial charge is 0.373 e. The summed E-state index contributed by atoms with van der Waals surface area (Å²) in [7, 11) is 1.89. The fourth-order valence-corrected chi connectivity index (χ4v) is 2.76. The van der Waals surface area contributed by atoms with Crippen LogP contribution in [0.2, 0.25) is 0 Å². The molecule has 0 aliphatic heterocycles. The van der Waals surface area contributed by atoms with E-state index in [1.165, 1.54) is 17.7 Å². The lowest BCUT2D eigenvalue weighted by atomic mass is 10.2. The van der Waals surface area contributed by atoms with Crippen molar-refractivity contribution in [2.24, 2.45) is 0 Å². The first-order valence-electron chi connectivity index (χ1n) is 6.63. The Bertz CT molecular complexity index is 549. The summed E-state index contributed by atoms with van der Waals surface area (Å²) in [5.41, 5.74) is 0. The highest BCUT2D eigenvalue weighted by atomic mass is 32.1. The number of aromatic nitrogens is 2. The summed E-state index contributed by atoms with van der Waals surface area (Å²) in [5, 5.41) is 8.67. The van der Waals surface area contributed by atoms with E-state index in [-0.39, 0.29) is 6.04 Å². The van der Waals surface area contributed by atoms with Gasteiger partial charge in [-0.1, -0.05) is 6.07 Å². The smallest absolute Gasteiger partial charge is 0.136 e. The average Bonchev–Trinajstić information content (AvgIpc) is 3.13. The van der Waals surface area contributed by atoms with Crippen molar-refractivity contribution < 1.29 is 0 Å². The van der Waals surface area contributed by atoms with Crippen LogP contribution in [0.3, 0.4) is 0 Å². The molecule has 1 aliphatic rings. The van der Waals surface area contributed by atoms with E-state index in [4.69, 9.17) is 0 Å². The minimum absolute atomic E-state index is 0.270. The Kier molecular flexibility index (Phi) is 3.38. The molecule has 1 fully saturated rings. The summed E-state index contributed by atoms with van der Waals surface area (Å²) in [5.74, 6) is 3.32. The van der Waals surface area contributed by atoms with E-state index in [9.17, 15) is 0 Å². The summed E-state index contributed by atoms with van der Waals surface area (Å²) >= 11 is 1.76. The lowest BCUT2D eigenvalue weighted by molar-refractivity contribution is 0.869. The van der Waals surface area contributed by atoms with Crippen LogP contribution in [0.5, 0.6) is 0 Å². The molecule has 0 spiro atoms. The molecule has 3 rings (SSSR count). The van der Waals surface area contributed by atoms with Crippen LogP contribution in [0, 0.1) is 0 Å². The molecule has 4 nitrogen and oxygen atoms in total. The van der Waals surface area contributed by atoms with Crippen molar-refractivity contribution in [3.05, 3.63) is 34.3 Å². The quantitative estimate of drug-likeness (QED) is 0.874. The maximum Gasteiger partial charge on any atom is 0.136 e. The fourth-order valence-electron chi connectivity index (χ4n) is 2.02. The van der Waals surface area contributed by atoms with Crippen molar-refractivity contribution in [2.75, 3.05) is 17.7 Å². The monoisotopic (exact) mass is 274 g/mol. The molecule has 2 aromatic rings. The lowest BCUT2D eigenvalue weighted by Crippen LogP contribution is -2.09. The number of thiophene rings is 1. The van der Waals surface area contributed by atoms with E-state index in [0.29, 0.717) is 5.92 Å². The van der Waals surface area contributed by atoms with E-state index >= 15 is 0 Å². The third-order valence-corrected chi connectivity index (χ3v) is 4.33. The van der Waals surface area contributed by atoms with Crippen LogP contribution in [-0.4, -0.2) is 17.0 Å². The third-order valence-electron chi connectivity index (χ3n) is 3.28. The molecule has 0 bridgehead atoms. The zero-order valence-corrected chi connectivity index (χ0v) is 12.0. The summed E-state index contributed by atoms with van der Waals surface area (Å²) in [6, 6.07) is 6.46. The van der Waals surface area contributed by atoms with Crippen molar-refractivity contribution in [1.82, 2.24) is 9.97 Å². The van der Waals surface area contributed by atoms with Gasteiger partial charge in [-0.3, -0.25) is 0 Å². The Labute approximate surface area is 117 Å². The van der Waals surface area contributed by atoms with Gasteiger partial charge in [0.05, 0.1) is 6.04 Å². The van der Waals surface area contributed by atoms with Crippen molar-refractivity contribution in [3.63, 3.8) is 0 Å². The van der Waals surface area contributed by atoms with Gasteiger partial charge in [0.2, 0.25) is 0 Å². The molecule has 0 radical (unpaired) electrons. The molecule has 5 heteroatoms. The van der Waals surface area contributed by atoms with E-state index in [1.807, 2.05) is 13.1 Å². The van der Waals surface area contributed by atoms with Gasteiger partial charge in [-0.05, 0) is 31.2 Å². The van der Waals surface area contributed by atoms with Gasteiger partial charge >= 0.3 is 0 Å². The second-order valence-electron chi connectivity index (χ2n) is 4.90. The molecule has 0 amide bonds. The van der Waals surface area contributed by atoms with E-state index in [2.05, 4.69) is 45.0 Å². The number of nitrogens with one attached hydrogen (secondary N) is 2. The molecule has 2 heterocycles. The van der Waals surface area contributed by atoms with Crippen LogP contribution >= 0.6 is 11.3 Å². The molecule has 0 saturated heterocycles. The third kappa shape index (κ3) is 2.87. The Morgan fingerprint density at radius 2 is 2.11 bits per heavy atom. The van der Waals surface area contributed by atoms with Gasteiger partial charge in [-0.2, -0.15) is 0 Å². The highest BCUT2D eigenvalue weighted by Gasteiger charge is 2.27. The van der Waals surface area contributed by atoms with E-state index < -0.39 is 0 Å². The van der Waals surface area contributed by atoms with Gasteiger partial charge in [0.25, 0.3) is 0 Å². The summed E-state index contributed by atoms with van der Waals surface area (Å²) in [4.78, 5) is 10.5. The molecule has 0 aromatic carbocycles. The van der Waals surface area contributed by atoms with Gasteiger partial charge in [0.1, 0.15) is 17.5 Å². The molecule has 19 heavy (non-hydrogen) atoms. The molecule has 2 N–H and O–H groups in total. The zero-order valence-electron chi connectivity index (χ0n) is 11.2. The predicted octanol–water partition coefficient (Wildman–Crippen LogP) is 3.63. The Hall–Kier alpha value is -1.62. The van der Waals surface area contributed by atoms with Crippen LogP contribution in [0.15, 0.2) is 23.6 Å². The molecule has 1 saturated carbocycles. The number of anilines is 2. The number of nitrogens with zero attached hydrogens (tertiary/aromatic N) is 2. The fraction of sp³-hybridized carbons (Fsp3) is 0.429. The minimum Gasteiger partial charge on any atom is -0.373 e. The van der Waals surface area contributed by atoms with E-state index in [0.717, 1.165) is 17.5 Å². The molecule has 1 atom stereocenters. The van der Waals surface area contributed by atoms with Crippen LogP contribution in [-0.2, 0) is 0 Å². The highest BCUT2D eigenvalue weighted by molar-refractivity contribution is 7.10. The SMILES string of the molecule is CNc1cc(NC(C)c2cccs2)nc(C2CC2)n1. The van der Waals surface area contributed by atoms with Crippen molar-refractivity contribution in [3.8, 4) is 0 Å². The predicted molar refractivity (Wildman–Crippen MR) is 79.9 cm³/mol. The van der Waals surface area contributed by atoms with Crippen molar-refractivity contribution in [2.45, 2.75) is 31.7 Å². The minimum atomic E-state index is 0.270. The molecular weight excluding hydrogens is 256 g/mol. The topological polar surface area (TPSA) is 49.8 Å². The first-order chi connectivity index (χ1) is 9.26. The molecule has 2 aromatic heterocycles. The maximum atomic E-state index is 4.64. The van der Waals surface area contributed by atoms with Gasteiger partial charge < -0.3 is 10.6 Å². The Morgan fingerprint density at radius 3 is 2.74 bits per heavy atom.